The number of rotatable bonds is 4. The van der Waals surface area contributed by atoms with Crippen molar-refractivity contribution in [3.05, 3.63) is 63.3 Å². The summed E-state index contributed by atoms with van der Waals surface area (Å²) in [4.78, 5) is 25.0. The summed E-state index contributed by atoms with van der Waals surface area (Å²) in [5.74, 6) is -0.261. The van der Waals surface area contributed by atoms with Gasteiger partial charge in [0, 0.05) is 5.56 Å². The summed E-state index contributed by atoms with van der Waals surface area (Å²) in [7, 11) is 1.28. The third kappa shape index (κ3) is 3.58. The monoisotopic (exact) mass is 366 g/mol. The maximum Gasteiger partial charge on any atom is 0.346 e. The van der Waals surface area contributed by atoms with E-state index in [4.69, 9.17) is 13.9 Å². The first kappa shape index (κ1) is 18.7. The molecular weight excluding hydrogens is 344 g/mol. The average molecular weight is 366 g/mol. The van der Waals surface area contributed by atoms with Gasteiger partial charge in [-0.15, -0.1) is 0 Å². The number of fused-ring (bicyclic) bond motifs is 1. The second kappa shape index (κ2) is 7.27. The number of aryl methyl sites for hydroxylation is 3. The maximum absolute atomic E-state index is 13.2. The molecule has 0 spiro atoms. The van der Waals surface area contributed by atoms with Crippen LogP contribution in [0.3, 0.4) is 0 Å². The van der Waals surface area contributed by atoms with Crippen LogP contribution < -0.4 is 10.2 Å². The van der Waals surface area contributed by atoms with Gasteiger partial charge < -0.3 is 13.9 Å². The van der Waals surface area contributed by atoms with E-state index in [1.54, 1.807) is 6.07 Å². The highest BCUT2D eigenvalue weighted by Gasteiger charge is 2.23. The minimum Gasteiger partial charge on any atom is -0.471 e. The van der Waals surface area contributed by atoms with E-state index in [0.717, 1.165) is 16.7 Å². The fourth-order valence-corrected chi connectivity index (χ4v) is 2.83. The van der Waals surface area contributed by atoms with E-state index in [1.165, 1.54) is 14.0 Å². The standard InChI is InChI=1S/C22H22O5/c1-12-6-8-16(9-7-12)20-21(26-15(4)22(24)25-5)19(23)17-10-13(2)14(3)11-18(17)27-20/h6-11,15H,1-5H3/t15-/m0/s1. The molecule has 0 amide bonds. The van der Waals surface area contributed by atoms with E-state index in [-0.39, 0.29) is 11.2 Å². The van der Waals surface area contributed by atoms with Crippen LogP contribution in [0.15, 0.2) is 45.6 Å². The molecule has 0 unspecified atom stereocenters. The lowest BCUT2D eigenvalue weighted by atomic mass is 10.0. The summed E-state index contributed by atoms with van der Waals surface area (Å²) < 4.78 is 16.5. The largest absolute Gasteiger partial charge is 0.471 e. The smallest absolute Gasteiger partial charge is 0.346 e. The summed E-state index contributed by atoms with van der Waals surface area (Å²) in [5, 5.41) is 0.418. The molecule has 140 valence electrons. The fraction of sp³-hybridized carbons (Fsp3) is 0.273. The zero-order chi connectivity index (χ0) is 19.7. The van der Waals surface area contributed by atoms with E-state index in [9.17, 15) is 9.59 Å². The Balaban J connectivity index is 2.28. The molecule has 3 rings (SSSR count). The Morgan fingerprint density at radius 1 is 1.04 bits per heavy atom. The van der Waals surface area contributed by atoms with Crippen molar-refractivity contribution in [3.63, 3.8) is 0 Å². The molecule has 0 aliphatic heterocycles. The van der Waals surface area contributed by atoms with Gasteiger partial charge in [-0.25, -0.2) is 4.79 Å². The molecule has 5 heteroatoms. The predicted molar refractivity (Wildman–Crippen MR) is 104 cm³/mol. The third-order valence-electron chi connectivity index (χ3n) is 4.61. The van der Waals surface area contributed by atoms with Crippen LogP contribution in [-0.2, 0) is 9.53 Å². The van der Waals surface area contributed by atoms with E-state index in [0.29, 0.717) is 22.3 Å². The summed E-state index contributed by atoms with van der Waals surface area (Å²) in [6, 6.07) is 11.2. The molecule has 0 saturated heterocycles. The van der Waals surface area contributed by atoms with E-state index >= 15 is 0 Å². The number of hydrogen-bond acceptors (Lipinski definition) is 5. The summed E-state index contributed by atoms with van der Waals surface area (Å²) in [6.07, 6.45) is -0.939. The molecule has 5 nitrogen and oxygen atoms in total. The highest BCUT2D eigenvalue weighted by atomic mass is 16.6. The van der Waals surface area contributed by atoms with Crippen LogP contribution in [0.25, 0.3) is 22.3 Å². The average Bonchev–Trinajstić information content (AvgIpc) is 2.65. The van der Waals surface area contributed by atoms with E-state index in [1.807, 2.05) is 51.1 Å². The second-order valence-corrected chi connectivity index (χ2v) is 6.67. The molecule has 1 heterocycles. The molecule has 0 aliphatic rings. The van der Waals surface area contributed by atoms with Crippen molar-refractivity contribution in [2.75, 3.05) is 7.11 Å². The number of hydrogen-bond donors (Lipinski definition) is 0. The van der Waals surface area contributed by atoms with Crippen molar-refractivity contribution >= 4 is 16.9 Å². The molecule has 0 saturated carbocycles. The number of benzene rings is 2. The van der Waals surface area contributed by atoms with Crippen LogP contribution in [-0.4, -0.2) is 19.2 Å². The highest BCUT2D eigenvalue weighted by Crippen LogP contribution is 2.32. The number of carbonyl (C=O) groups excluding carboxylic acids is 1. The fourth-order valence-electron chi connectivity index (χ4n) is 2.83. The summed E-state index contributed by atoms with van der Waals surface area (Å²) in [5.41, 5.74) is 3.95. The van der Waals surface area contributed by atoms with E-state index in [2.05, 4.69) is 0 Å². The lowest BCUT2D eigenvalue weighted by Crippen LogP contribution is -2.27. The topological polar surface area (TPSA) is 65.7 Å². The zero-order valence-electron chi connectivity index (χ0n) is 16.1. The number of methoxy groups -OCH3 is 1. The molecule has 3 aromatic rings. The van der Waals surface area contributed by atoms with Crippen LogP contribution in [0.5, 0.6) is 5.75 Å². The van der Waals surface area contributed by atoms with Crippen LogP contribution >= 0.6 is 0 Å². The Morgan fingerprint density at radius 3 is 2.30 bits per heavy atom. The molecule has 1 aromatic heterocycles. The van der Waals surface area contributed by atoms with Crippen molar-refractivity contribution in [2.24, 2.45) is 0 Å². The van der Waals surface area contributed by atoms with Gasteiger partial charge in [-0.3, -0.25) is 4.79 Å². The normalized spacial score (nSPS) is 12.0. The lowest BCUT2D eigenvalue weighted by molar-refractivity contribution is -0.147. The van der Waals surface area contributed by atoms with Crippen molar-refractivity contribution in [1.82, 2.24) is 0 Å². The zero-order valence-corrected chi connectivity index (χ0v) is 16.1. The molecule has 0 radical (unpaired) electrons. The molecule has 0 bridgehead atoms. The SMILES string of the molecule is COC(=O)[C@H](C)Oc1c(-c2ccc(C)cc2)oc2cc(C)c(C)cc2c1=O. The Bertz CT molecular complexity index is 1060. The Labute approximate surface area is 157 Å². The molecule has 27 heavy (non-hydrogen) atoms. The molecule has 2 aromatic carbocycles. The van der Waals surface area contributed by atoms with Gasteiger partial charge in [-0.2, -0.15) is 0 Å². The Hall–Kier alpha value is -3.08. The van der Waals surface area contributed by atoms with Gasteiger partial charge in [0.25, 0.3) is 0 Å². The number of carbonyl (C=O) groups is 1. The summed E-state index contributed by atoms with van der Waals surface area (Å²) in [6.45, 7) is 7.40. The van der Waals surface area contributed by atoms with Gasteiger partial charge >= 0.3 is 5.97 Å². The van der Waals surface area contributed by atoms with Gasteiger partial charge in [0.15, 0.2) is 11.9 Å². The van der Waals surface area contributed by atoms with Gasteiger partial charge in [-0.1, -0.05) is 29.8 Å². The van der Waals surface area contributed by atoms with Crippen LogP contribution in [0, 0.1) is 20.8 Å². The third-order valence-corrected chi connectivity index (χ3v) is 4.61. The van der Waals surface area contributed by atoms with Gasteiger partial charge in [-0.05, 0) is 51.0 Å². The van der Waals surface area contributed by atoms with Gasteiger partial charge in [0.1, 0.15) is 5.58 Å². The second-order valence-electron chi connectivity index (χ2n) is 6.67. The first-order chi connectivity index (χ1) is 12.8. The van der Waals surface area contributed by atoms with Crippen LogP contribution in [0.2, 0.25) is 0 Å². The molecule has 0 fully saturated rings. The van der Waals surface area contributed by atoms with Gasteiger partial charge in [0.2, 0.25) is 11.2 Å². The number of esters is 1. The summed E-state index contributed by atoms with van der Waals surface area (Å²) >= 11 is 0. The lowest BCUT2D eigenvalue weighted by Gasteiger charge is -2.16. The maximum atomic E-state index is 13.2. The molecule has 0 N–H and O–H groups in total. The van der Waals surface area contributed by atoms with Crippen molar-refractivity contribution in [1.29, 1.82) is 0 Å². The van der Waals surface area contributed by atoms with Gasteiger partial charge in [0.05, 0.1) is 12.5 Å². The van der Waals surface area contributed by atoms with Crippen molar-refractivity contribution < 1.29 is 18.7 Å². The Kier molecular flexibility index (Phi) is 5.04. The predicted octanol–water partition coefficient (Wildman–Crippen LogP) is 4.33. The van der Waals surface area contributed by atoms with Crippen molar-refractivity contribution in [3.8, 4) is 17.1 Å². The number of ether oxygens (including phenoxy) is 2. The van der Waals surface area contributed by atoms with Crippen LogP contribution in [0.4, 0.5) is 0 Å². The minimum absolute atomic E-state index is 0.00695. The quantitative estimate of drug-likeness (QED) is 0.643. The van der Waals surface area contributed by atoms with Crippen molar-refractivity contribution in [2.45, 2.75) is 33.8 Å². The first-order valence-corrected chi connectivity index (χ1v) is 8.71. The Morgan fingerprint density at radius 2 is 1.67 bits per heavy atom. The van der Waals surface area contributed by atoms with E-state index < -0.39 is 12.1 Å². The minimum atomic E-state index is -0.939. The molecule has 0 aliphatic carbocycles. The first-order valence-electron chi connectivity index (χ1n) is 8.71. The molecule has 1 atom stereocenters. The molecular formula is C22H22O5. The highest BCUT2D eigenvalue weighted by molar-refractivity contribution is 5.84. The van der Waals surface area contributed by atoms with Crippen LogP contribution in [0.1, 0.15) is 23.6 Å².